The molecular formula is C14H15FN4O4. The van der Waals surface area contributed by atoms with Gasteiger partial charge in [0.1, 0.15) is 24.6 Å². The summed E-state index contributed by atoms with van der Waals surface area (Å²) in [7, 11) is 1.32. The number of hydrogen-bond acceptors (Lipinski definition) is 5. The summed E-state index contributed by atoms with van der Waals surface area (Å²) >= 11 is 0. The Hall–Kier alpha value is -2.68. The molecule has 1 N–H and O–H groups in total. The lowest BCUT2D eigenvalue weighted by molar-refractivity contribution is -0.119. The predicted octanol–water partition coefficient (Wildman–Crippen LogP) is 0.0827. The maximum Gasteiger partial charge on any atom is 0.346 e. The largest absolute Gasteiger partial charge is 0.506 e. The molecule has 9 heteroatoms. The van der Waals surface area contributed by atoms with Crippen LogP contribution in [0.4, 0.5) is 10.1 Å². The molecule has 0 atom stereocenters. The normalized spacial score (nSPS) is 13.7. The third kappa shape index (κ3) is 2.70. The van der Waals surface area contributed by atoms with E-state index in [1.807, 2.05) is 0 Å². The van der Waals surface area contributed by atoms with Crippen molar-refractivity contribution in [3.63, 3.8) is 0 Å². The van der Waals surface area contributed by atoms with Crippen LogP contribution in [0.2, 0.25) is 0 Å². The number of para-hydroxylation sites is 1. The van der Waals surface area contributed by atoms with Gasteiger partial charge in [-0.25, -0.2) is 13.9 Å². The fraction of sp³-hybridized carbons (Fsp3) is 0.357. The SMILES string of the molecule is CN(C(=O)Cn1nc2n(c1=O)CCOC2)c1c(O)cccc1F. The van der Waals surface area contributed by atoms with E-state index < -0.39 is 17.4 Å². The molecule has 0 bridgehead atoms. The zero-order valence-corrected chi connectivity index (χ0v) is 12.4. The fourth-order valence-corrected chi connectivity index (χ4v) is 2.43. The van der Waals surface area contributed by atoms with Crippen molar-refractivity contribution in [1.29, 1.82) is 0 Å². The molecule has 1 aliphatic rings. The zero-order valence-electron chi connectivity index (χ0n) is 12.4. The molecule has 0 spiro atoms. The van der Waals surface area contributed by atoms with Gasteiger partial charge < -0.3 is 14.7 Å². The smallest absolute Gasteiger partial charge is 0.346 e. The third-order valence-corrected chi connectivity index (χ3v) is 3.65. The number of aromatic nitrogens is 3. The van der Waals surface area contributed by atoms with Gasteiger partial charge in [-0.2, -0.15) is 5.10 Å². The molecule has 0 aliphatic carbocycles. The first-order valence-corrected chi connectivity index (χ1v) is 6.97. The van der Waals surface area contributed by atoms with Crippen LogP contribution in [0.1, 0.15) is 5.82 Å². The molecule has 8 nitrogen and oxygen atoms in total. The van der Waals surface area contributed by atoms with Crippen molar-refractivity contribution in [2.24, 2.45) is 0 Å². The number of hydrogen-bond donors (Lipinski definition) is 1. The molecule has 0 fully saturated rings. The van der Waals surface area contributed by atoms with Gasteiger partial charge in [-0.3, -0.25) is 9.36 Å². The van der Waals surface area contributed by atoms with Crippen LogP contribution < -0.4 is 10.6 Å². The minimum absolute atomic E-state index is 0.209. The van der Waals surface area contributed by atoms with Gasteiger partial charge in [-0.05, 0) is 12.1 Å². The number of halogens is 1. The summed E-state index contributed by atoms with van der Waals surface area (Å²) in [5, 5.41) is 13.8. The number of benzene rings is 1. The van der Waals surface area contributed by atoms with Crippen LogP contribution in [0.3, 0.4) is 0 Å². The lowest BCUT2D eigenvalue weighted by Crippen LogP contribution is -2.36. The van der Waals surface area contributed by atoms with Gasteiger partial charge in [0.25, 0.3) is 0 Å². The van der Waals surface area contributed by atoms with E-state index in [0.29, 0.717) is 19.0 Å². The second kappa shape index (κ2) is 5.84. The first-order chi connectivity index (χ1) is 11.0. The Kier molecular flexibility index (Phi) is 3.87. The third-order valence-electron chi connectivity index (χ3n) is 3.65. The molecular weight excluding hydrogens is 307 g/mol. The minimum atomic E-state index is -0.731. The Labute approximate surface area is 130 Å². The number of rotatable bonds is 3. The Bertz CT molecular complexity index is 793. The molecule has 0 saturated carbocycles. The highest BCUT2D eigenvalue weighted by Gasteiger charge is 2.22. The first-order valence-electron chi connectivity index (χ1n) is 6.97. The number of likely N-dealkylation sites (N-methyl/N-ethyl adjacent to an activating group) is 1. The molecule has 23 heavy (non-hydrogen) atoms. The number of fused-ring (bicyclic) bond motifs is 1. The Morgan fingerprint density at radius 1 is 1.52 bits per heavy atom. The summed E-state index contributed by atoms with van der Waals surface area (Å²) in [6, 6.07) is 3.75. The summed E-state index contributed by atoms with van der Waals surface area (Å²) in [5.74, 6) is -1.22. The number of aromatic hydroxyl groups is 1. The maximum atomic E-state index is 13.8. The number of nitrogens with zero attached hydrogens (tertiary/aromatic N) is 4. The van der Waals surface area contributed by atoms with E-state index in [2.05, 4.69) is 5.10 Å². The van der Waals surface area contributed by atoms with E-state index in [1.165, 1.54) is 23.7 Å². The predicted molar refractivity (Wildman–Crippen MR) is 77.6 cm³/mol. The van der Waals surface area contributed by atoms with Crippen LogP contribution in [-0.4, -0.2) is 39.0 Å². The van der Waals surface area contributed by atoms with E-state index in [-0.39, 0.29) is 24.6 Å². The Balaban J connectivity index is 1.85. The van der Waals surface area contributed by atoms with Gasteiger partial charge in [-0.15, -0.1) is 0 Å². The zero-order chi connectivity index (χ0) is 16.6. The molecule has 3 rings (SSSR count). The van der Waals surface area contributed by atoms with Gasteiger partial charge in [0.05, 0.1) is 13.2 Å². The molecule has 1 aromatic heterocycles. The Morgan fingerprint density at radius 3 is 3.00 bits per heavy atom. The molecule has 1 aromatic carbocycles. The van der Waals surface area contributed by atoms with Gasteiger partial charge in [-0.1, -0.05) is 6.07 Å². The van der Waals surface area contributed by atoms with Crippen molar-refractivity contribution < 1.29 is 19.0 Å². The van der Waals surface area contributed by atoms with Crippen LogP contribution in [0.15, 0.2) is 23.0 Å². The highest BCUT2D eigenvalue weighted by Crippen LogP contribution is 2.29. The summed E-state index contributed by atoms with van der Waals surface area (Å²) in [5.41, 5.74) is -0.652. The van der Waals surface area contributed by atoms with E-state index >= 15 is 0 Å². The van der Waals surface area contributed by atoms with Crippen LogP contribution >= 0.6 is 0 Å². The van der Waals surface area contributed by atoms with Crippen molar-refractivity contribution >= 4 is 11.6 Å². The lowest BCUT2D eigenvalue weighted by Gasteiger charge is -2.18. The molecule has 1 aliphatic heterocycles. The van der Waals surface area contributed by atoms with Crippen LogP contribution in [0.25, 0.3) is 0 Å². The van der Waals surface area contributed by atoms with Crippen LogP contribution in [-0.2, 0) is 29.2 Å². The van der Waals surface area contributed by atoms with Crippen molar-refractivity contribution in [1.82, 2.24) is 14.3 Å². The van der Waals surface area contributed by atoms with Gasteiger partial charge >= 0.3 is 5.69 Å². The average Bonchev–Trinajstić information content (AvgIpc) is 2.83. The first kappa shape index (κ1) is 15.2. The molecule has 2 aromatic rings. The Morgan fingerprint density at radius 2 is 2.30 bits per heavy atom. The van der Waals surface area contributed by atoms with Gasteiger partial charge in [0.15, 0.2) is 11.6 Å². The molecule has 0 saturated heterocycles. The second-order valence-corrected chi connectivity index (χ2v) is 5.12. The summed E-state index contributed by atoms with van der Waals surface area (Å²) in [4.78, 5) is 25.4. The minimum Gasteiger partial charge on any atom is -0.506 e. The van der Waals surface area contributed by atoms with Gasteiger partial charge in [0.2, 0.25) is 5.91 Å². The molecule has 0 unspecified atom stereocenters. The van der Waals surface area contributed by atoms with E-state index in [9.17, 15) is 19.1 Å². The number of phenols is 1. The maximum absolute atomic E-state index is 13.8. The van der Waals surface area contributed by atoms with Crippen molar-refractivity contribution in [2.45, 2.75) is 19.7 Å². The number of carbonyl (C=O) groups is 1. The highest BCUT2D eigenvalue weighted by atomic mass is 19.1. The molecule has 0 radical (unpaired) electrons. The number of anilines is 1. The van der Waals surface area contributed by atoms with E-state index in [0.717, 1.165) is 15.6 Å². The van der Waals surface area contributed by atoms with Crippen LogP contribution in [0.5, 0.6) is 5.75 Å². The highest BCUT2D eigenvalue weighted by molar-refractivity contribution is 5.94. The fourth-order valence-electron chi connectivity index (χ4n) is 2.43. The van der Waals surface area contributed by atoms with E-state index in [4.69, 9.17) is 4.74 Å². The number of amides is 1. The summed E-state index contributed by atoms with van der Waals surface area (Å²) in [6.07, 6.45) is 0. The van der Waals surface area contributed by atoms with Crippen molar-refractivity contribution in [3.05, 3.63) is 40.3 Å². The number of carbonyl (C=O) groups excluding carboxylic acids is 1. The second-order valence-electron chi connectivity index (χ2n) is 5.12. The molecule has 2 heterocycles. The average molecular weight is 322 g/mol. The van der Waals surface area contributed by atoms with E-state index in [1.54, 1.807) is 0 Å². The topological polar surface area (TPSA) is 89.6 Å². The summed E-state index contributed by atoms with van der Waals surface area (Å²) < 4.78 is 21.5. The number of phenolic OH excluding ortho intramolecular Hbond substituents is 1. The lowest BCUT2D eigenvalue weighted by atomic mass is 10.2. The molecule has 122 valence electrons. The van der Waals surface area contributed by atoms with Crippen LogP contribution in [0, 0.1) is 5.82 Å². The molecule has 1 amide bonds. The summed E-state index contributed by atoms with van der Waals surface area (Å²) in [6.45, 7) is 0.644. The standard InChI is InChI=1S/C14H15FN4O4/c1-17(13-9(15)3-2-4-10(13)20)12(21)7-19-14(22)18-5-6-23-8-11(18)16-19/h2-4,20H,5-8H2,1H3. The number of ether oxygens (including phenoxy) is 1. The monoisotopic (exact) mass is 322 g/mol. The quantitative estimate of drug-likeness (QED) is 0.864. The van der Waals surface area contributed by atoms with Crippen molar-refractivity contribution in [3.8, 4) is 5.75 Å². The van der Waals surface area contributed by atoms with Gasteiger partial charge in [0, 0.05) is 7.05 Å². The van der Waals surface area contributed by atoms with Crippen molar-refractivity contribution in [2.75, 3.05) is 18.6 Å².